The van der Waals surface area contributed by atoms with Gasteiger partial charge < -0.3 is 19.4 Å². The van der Waals surface area contributed by atoms with E-state index in [9.17, 15) is 0 Å². The van der Waals surface area contributed by atoms with Crippen molar-refractivity contribution in [2.75, 3.05) is 26.8 Å². The van der Waals surface area contributed by atoms with E-state index >= 15 is 4.39 Å². The molecule has 0 amide bonds. The molecule has 4 rings (SSSR count). The van der Waals surface area contributed by atoms with Crippen LogP contribution in [-0.2, 0) is 13.0 Å². The number of hydrogen-bond donors (Lipinski definition) is 1. The maximum absolute atomic E-state index is 16.1. The lowest BCUT2D eigenvalue weighted by Crippen LogP contribution is -2.17. The first-order chi connectivity index (χ1) is 17.7. The molecule has 0 aliphatic carbocycles. The smallest absolute Gasteiger partial charge is 0.157 e. The lowest BCUT2D eigenvalue weighted by molar-refractivity contribution is 0.309. The zero-order valence-electron chi connectivity index (χ0n) is 21.6. The first kappa shape index (κ1) is 25.8. The standard InChI is InChI=1S/C31H37FN2O2/c1-4-6-20-36-25-15-16-28-27(21-25)30(32)31(26-9-7-8-10-29(26)35-3)34(28)22-24-13-11-23(12-14-24)17-19-33-18-5-2/h7-16,21,33H,4-6,17-20,22H2,1-3H3. The normalized spacial score (nSPS) is 11.2. The molecular weight excluding hydrogens is 451 g/mol. The van der Waals surface area contributed by atoms with Crippen molar-refractivity contribution < 1.29 is 13.9 Å². The first-order valence-corrected chi connectivity index (χ1v) is 13.0. The summed E-state index contributed by atoms with van der Waals surface area (Å²) >= 11 is 0. The summed E-state index contributed by atoms with van der Waals surface area (Å²) in [7, 11) is 1.62. The van der Waals surface area contributed by atoms with Crippen LogP contribution in [0.4, 0.5) is 4.39 Å². The zero-order valence-corrected chi connectivity index (χ0v) is 21.6. The van der Waals surface area contributed by atoms with Crippen LogP contribution >= 0.6 is 0 Å². The quantitative estimate of drug-likeness (QED) is 0.202. The largest absolute Gasteiger partial charge is 0.496 e. The summed E-state index contributed by atoms with van der Waals surface area (Å²) in [6.07, 6.45) is 4.16. The number of nitrogens with one attached hydrogen (secondary N) is 1. The highest BCUT2D eigenvalue weighted by atomic mass is 19.1. The second-order valence-electron chi connectivity index (χ2n) is 9.15. The van der Waals surface area contributed by atoms with Crippen LogP contribution < -0.4 is 14.8 Å². The molecule has 4 aromatic rings. The molecule has 0 spiro atoms. The minimum Gasteiger partial charge on any atom is -0.496 e. The van der Waals surface area contributed by atoms with Gasteiger partial charge in [-0.3, -0.25) is 0 Å². The van der Waals surface area contributed by atoms with Gasteiger partial charge in [-0.15, -0.1) is 0 Å². The molecule has 1 aromatic heterocycles. The number of fused-ring (bicyclic) bond motifs is 1. The number of rotatable bonds is 13. The van der Waals surface area contributed by atoms with E-state index in [1.165, 1.54) is 5.56 Å². The number of methoxy groups -OCH3 is 1. The highest BCUT2D eigenvalue weighted by molar-refractivity contribution is 5.90. The van der Waals surface area contributed by atoms with Gasteiger partial charge in [-0.05, 0) is 73.8 Å². The number of unbranched alkanes of at least 4 members (excludes halogenated alkanes) is 1. The Kier molecular flexibility index (Phi) is 9.01. The topological polar surface area (TPSA) is 35.4 Å². The number of para-hydroxylation sites is 1. The lowest BCUT2D eigenvalue weighted by atomic mass is 10.1. The summed E-state index contributed by atoms with van der Waals surface area (Å²) in [6, 6.07) is 22.0. The van der Waals surface area contributed by atoms with Gasteiger partial charge in [0.1, 0.15) is 11.5 Å². The molecule has 3 aromatic carbocycles. The molecule has 4 nitrogen and oxygen atoms in total. The van der Waals surface area contributed by atoms with E-state index in [0.717, 1.165) is 55.4 Å². The fraction of sp³-hybridized carbons (Fsp3) is 0.355. The number of halogens is 1. The van der Waals surface area contributed by atoms with Crippen molar-refractivity contribution in [2.45, 2.75) is 46.1 Å². The Bertz CT molecular complexity index is 1260. The highest BCUT2D eigenvalue weighted by Gasteiger charge is 2.22. The van der Waals surface area contributed by atoms with Crippen LogP contribution in [0.1, 0.15) is 44.2 Å². The first-order valence-electron chi connectivity index (χ1n) is 13.0. The van der Waals surface area contributed by atoms with E-state index in [-0.39, 0.29) is 5.82 Å². The third-order valence-electron chi connectivity index (χ3n) is 6.48. The highest BCUT2D eigenvalue weighted by Crippen LogP contribution is 2.39. The van der Waals surface area contributed by atoms with E-state index < -0.39 is 0 Å². The Labute approximate surface area is 214 Å². The van der Waals surface area contributed by atoms with Gasteiger partial charge >= 0.3 is 0 Å². The lowest BCUT2D eigenvalue weighted by Gasteiger charge is -2.14. The molecule has 36 heavy (non-hydrogen) atoms. The van der Waals surface area contributed by atoms with Crippen LogP contribution in [0.25, 0.3) is 22.2 Å². The molecule has 190 valence electrons. The number of ether oxygens (including phenoxy) is 2. The minimum atomic E-state index is -0.255. The second-order valence-corrected chi connectivity index (χ2v) is 9.15. The second kappa shape index (κ2) is 12.6. The fourth-order valence-corrected chi connectivity index (χ4v) is 4.51. The Hall–Kier alpha value is -3.31. The van der Waals surface area contributed by atoms with Crippen molar-refractivity contribution >= 4 is 10.9 Å². The van der Waals surface area contributed by atoms with Crippen LogP contribution in [0, 0.1) is 5.82 Å². The summed E-state index contributed by atoms with van der Waals surface area (Å²) in [5.74, 6) is 1.09. The van der Waals surface area contributed by atoms with Gasteiger partial charge in [0.15, 0.2) is 5.82 Å². The molecule has 0 saturated heterocycles. The zero-order chi connectivity index (χ0) is 25.3. The van der Waals surface area contributed by atoms with Gasteiger partial charge in [-0.25, -0.2) is 4.39 Å². The van der Waals surface area contributed by atoms with Crippen LogP contribution in [0.5, 0.6) is 11.5 Å². The Morgan fingerprint density at radius 2 is 1.67 bits per heavy atom. The van der Waals surface area contributed by atoms with Crippen LogP contribution in [0.15, 0.2) is 66.7 Å². The van der Waals surface area contributed by atoms with E-state index in [4.69, 9.17) is 9.47 Å². The monoisotopic (exact) mass is 488 g/mol. The maximum atomic E-state index is 16.1. The summed E-state index contributed by atoms with van der Waals surface area (Å²) in [6.45, 7) is 7.50. The van der Waals surface area contributed by atoms with E-state index in [0.29, 0.717) is 35.7 Å². The molecule has 1 N–H and O–H groups in total. The number of nitrogens with zero attached hydrogens (tertiary/aromatic N) is 1. The van der Waals surface area contributed by atoms with E-state index in [1.807, 2.05) is 42.5 Å². The molecule has 5 heteroatoms. The summed E-state index contributed by atoms with van der Waals surface area (Å²) in [5.41, 5.74) is 4.52. The fourth-order valence-electron chi connectivity index (χ4n) is 4.51. The summed E-state index contributed by atoms with van der Waals surface area (Å²) in [4.78, 5) is 0. The van der Waals surface area contributed by atoms with Gasteiger partial charge in [-0.1, -0.05) is 56.7 Å². The predicted molar refractivity (Wildman–Crippen MR) is 147 cm³/mol. The molecule has 0 fully saturated rings. The van der Waals surface area contributed by atoms with Gasteiger partial charge in [-0.2, -0.15) is 0 Å². The van der Waals surface area contributed by atoms with E-state index in [2.05, 4.69) is 48.0 Å². The average molecular weight is 489 g/mol. The summed E-state index contributed by atoms with van der Waals surface area (Å²) in [5, 5.41) is 4.01. The Morgan fingerprint density at radius 1 is 0.889 bits per heavy atom. The SMILES string of the molecule is CCCCOc1ccc2c(c1)c(F)c(-c1ccccc1OC)n2Cc1ccc(CCNCCC)cc1. The van der Waals surface area contributed by atoms with Crippen molar-refractivity contribution in [1.82, 2.24) is 9.88 Å². The maximum Gasteiger partial charge on any atom is 0.157 e. The van der Waals surface area contributed by atoms with Gasteiger partial charge in [0.25, 0.3) is 0 Å². The molecule has 0 bridgehead atoms. The van der Waals surface area contributed by atoms with E-state index in [1.54, 1.807) is 7.11 Å². The Balaban J connectivity index is 1.71. The van der Waals surface area contributed by atoms with Crippen molar-refractivity contribution in [3.8, 4) is 22.8 Å². The molecule has 0 saturated carbocycles. The number of benzene rings is 3. The third-order valence-corrected chi connectivity index (χ3v) is 6.48. The van der Waals surface area contributed by atoms with Crippen LogP contribution in [0.2, 0.25) is 0 Å². The number of aromatic nitrogens is 1. The Morgan fingerprint density at radius 3 is 2.42 bits per heavy atom. The molecule has 0 atom stereocenters. The van der Waals surface area contributed by atoms with Crippen molar-refractivity contribution in [3.05, 3.63) is 83.7 Å². The molecule has 1 heterocycles. The van der Waals surface area contributed by atoms with Gasteiger partial charge in [0.05, 0.1) is 24.9 Å². The van der Waals surface area contributed by atoms with Gasteiger partial charge in [0.2, 0.25) is 0 Å². The molecule has 0 radical (unpaired) electrons. The van der Waals surface area contributed by atoms with Crippen LogP contribution in [0.3, 0.4) is 0 Å². The van der Waals surface area contributed by atoms with Crippen molar-refractivity contribution in [3.63, 3.8) is 0 Å². The van der Waals surface area contributed by atoms with Crippen LogP contribution in [-0.4, -0.2) is 31.4 Å². The molecule has 0 aliphatic rings. The van der Waals surface area contributed by atoms with Crippen molar-refractivity contribution in [1.29, 1.82) is 0 Å². The van der Waals surface area contributed by atoms with Gasteiger partial charge in [0, 0.05) is 17.5 Å². The van der Waals surface area contributed by atoms with Crippen molar-refractivity contribution in [2.24, 2.45) is 0 Å². The molecular formula is C31H37FN2O2. The minimum absolute atomic E-state index is 0.255. The third kappa shape index (κ3) is 5.90. The molecule has 0 aliphatic heterocycles. The molecule has 0 unspecified atom stereocenters. The number of hydrogen-bond acceptors (Lipinski definition) is 3. The predicted octanol–water partition coefficient (Wildman–Crippen LogP) is 7.23. The summed E-state index contributed by atoms with van der Waals surface area (Å²) < 4.78 is 29.6. The average Bonchev–Trinajstić information content (AvgIpc) is 3.18.